The van der Waals surface area contributed by atoms with Crippen molar-refractivity contribution >= 4 is 12.1 Å². The quantitative estimate of drug-likeness (QED) is 0.486. The van der Waals surface area contributed by atoms with E-state index >= 15 is 0 Å². The number of nitrogens with zero attached hydrogens (tertiary/aromatic N) is 1. The van der Waals surface area contributed by atoms with E-state index in [1.165, 1.54) is 6.21 Å². The second kappa shape index (κ2) is 9.41. The van der Waals surface area contributed by atoms with E-state index in [0.717, 1.165) is 11.1 Å². The van der Waals surface area contributed by atoms with Crippen LogP contribution in [0.4, 0.5) is 0 Å². The SMILES string of the molecule is COc1cc(OC)c(OC)cc1C=NNC(=O)c1ccc(-c2ccccc2)cc1. The minimum Gasteiger partial charge on any atom is -0.496 e. The summed E-state index contributed by atoms with van der Waals surface area (Å²) in [6.07, 6.45) is 1.50. The number of carbonyl (C=O) groups excluding carboxylic acids is 1. The van der Waals surface area contributed by atoms with Crippen LogP contribution in [0, 0.1) is 0 Å². The monoisotopic (exact) mass is 390 g/mol. The molecule has 6 nitrogen and oxygen atoms in total. The minimum absolute atomic E-state index is 0.305. The molecule has 0 aliphatic rings. The molecule has 3 aromatic carbocycles. The third-order valence-electron chi connectivity index (χ3n) is 4.36. The van der Waals surface area contributed by atoms with Crippen LogP contribution < -0.4 is 19.6 Å². The molecule has 3 aromatic rings. The topological polar surface area (TPSA) is 69.2 Å². The van der Waals surface area contributed by atoms with Crippen molar-refractivity contribution in [1.29, 1.82) is 0 Å². The van der Waals surface area contributed by atoms with Crippen molar-refractivity contribution in [2.45, 2.75) is 0 Å². The van der Waals surface area contributed by atoms with Crippen LogP contribution in [0.3, 0.4) is 0 Å². The van der Waals surface area contributed by atoms with E-state index in [4.69, 9.17) is 14.2 Å². The zero-order valence-corrected chi connectivity index (χ0v) is 16.5. The van der Waals surface area contributed by atoms with Crippen LogP contribution in [0.1, 0.15) is 15.9 Å². The van der Waals surface area contributed by atoms with Gasteiger partial charge in [0.1, 0.15) is 5.75 Å². The Kier molecular flexibility index (Phi) is 6.47. The van der Waals surface area contributed by atoms with Crippen molar-refractivity contribution < 1.29 is 19.0 Å². The van der Waals surface area contributed by atoms with Crippen LogP contribution in [0.5, 0.6) is 17.2 Å². The Morgan fingerprint density at radius 1 is 0.793 bits per heavy atom. The molecule has 0 saturated carbocycles. The lowest BCUT2D eigenvalue weighted by atomic mass is 10.0. The lowest BCUT2D eigenvalue weighted by Gasteiger charge is -2.11. The second-order valence-corrected chi connectivity index (χ2v) is 6.09. The van der Waals surface area contributed by atoms with Crippen LogP contribution in [0.25, 0.3) is 11.1 Å². The van der Waals surface area contributed by atoms with Gasteiger partial charge in [-0.25, -0.2) is 5.43 Å². The Bertz CT molecular complexity index is 999. The van der Waals surface area contributed by atoms with E-state index in [1.807, 2.05) is 42.5 Å². The third-order valence-corrected chi connectivity index (χ3v) is 4.36. The highest BCUT2D eigenvalue weighted by atomic mass is 16.5. The molecule has 1 amide bonds. The van der Waals surface area contributed by atoms with Gasteiger partial charge in [0.25, 0.3) is 5.91 Å². The molecule has 0 heterocycles. The van der Waals surface area contributed by atoms with Gasteiger partial charge in [0, 0.05) is 17.2 Å². The maximum absolute atomic E-state index is 12.4. The van der Waals surface area contributed by atoms with Gasteiger partial charge < -0.3 is 14.2 Å². The smallest absolute Gasteiger partial charge is 0.271 e. The van der Waals surface area contributed by atoms with Gasteiger partial charge in [-0.15, -0.1) is 0 Å². The van der Waals surface area contributed by atoms with E-state index < -0.39 is 0 Å². The molecule has 0 radical (unpaired) electrons. The highest BCUT2D eigenvalue weighted by molar-refractivity contribution is 5.95. The Hall–Kier alpha value is -3.80. The van der Waals surface area contributed by atoms with E-state index in [9.17, 15) is 4.79 Å². The van der Waals surface area contributed by atoms with Crippen LogP contribution in [-0.2, 0) is 0 Å². The summed E-state index contributed by atoms with van der Waals surface area (Å²) in [7, 11) is 4.64. The Morgan fingerprint density at radius 2 is 1.38 bits per heavy atom. The number of hydrazone groups is 1. The fourth-order valence-corrected chi connectivity index (χ4v) is 2.82. The molecule has 1 N–H and O–H groups in total. The zero-order chi connectivity index (χ0) is 20.6. The number of rotatable bonds is 7. The van der Waals surface area contributed by atoms with Crippen LogP contribution in [0.2, 0.25) is 0 Å². The van der Waals surface area contributed by atoms with E-state index in [1.54, 1.807) is 45.6 Å². The van der Waals surface area contributed by atoms with Crippen molar-refractivity contribution in [3.63, 3.8) is 0 Å². The fourth-order valence-electron chi connectivity index (χ4n) is 2.82. The summed E-state index contributed by atoms with van der Waals surface area (Å²) < 4.78 is 15.9. The number of methoxy groups -OCH3 is 3. The van der Waals surface area contributed by atoms with Gasteiger partial charge in [0.05, 0.1) is 27.5 Å². The van der Waals surface area contributed by atoms with Crippen molar-refractivity contribution in [2.75, 3.05) is 21.3 Å². The first-order valence-corrected chi connectivity index (χ1v) is 8.95. The van der Waals surface area contributed by atoms with Gasteiger partial charge in [0.15, 0.2) is 11.5 Å². The molecule has 0 fully saturated rings. The number of amides is 1. The molecule has 0 unspecified atom stereocenters. The number of nitrogens with one attached hydrogen (secondary N) is 1. The van der Waals surface area contributed by atoms with Crippen LogP contribution in [0.15, 0.2) is 71.8 Å². The summed E-state index contributed by atoms with van der Waals surface area (Å²) >= 11 is 0. The molecular weight excluding hydrogens is 368 g/mol. The Morgan fingerprint density at radius 3 is 2.00 bits per heavy atom. The standard InChI is InChI=1S/C23H22N2O4/c1-27-20-14-22(29-3)21(28-2)13-19(20)15-24-25-23(26)18-11-9-17(10-12-18)16-7-5-4-6-8-16/h4-15H,1-3H3,(H,25,26). The average molecular weight is 390 g/mol. The Labute approximate surface area is 169 Å². The molecule has 0 bridgehead atoms. The van der Waals surface area contributed by atoms with Gasteiger partial charge in [-0.05, 0) is 29.3 Å². The predicted molar refractivity (Wildman–Crippen MR) is 113 cm³/mol. The first kappa shape index (κ1) is 19.9. The van der Waals surface area contributed by atoms with Gasteiger partial charge >= 0.3 is 0 Å². The first-order chi connectivity index (χ1) is 14.2. The van der Waals surface area contributed by atoms with Crippen LogP contribution >= 0.6 is 0 Å². The van der Waals surface area contributed by atoms with Gasteiger partial charge in [-0.3, -0.25) is 4.79 Å². The number of hydrogen-bond acceptors (Lipinski definition) is 5. The molecule has 148 valence electrons. The molecule has 3 rings (SSSR count). The van der Waals surface area contributed by atoms with Gasteiger partial charge in [-0.2, -0.15) is 5.10 Å². The molecule has 0 spiro atoms. The predicted octanol–water partition coefficient (Wildman–Crippen LogP) is 4.14. The van der Waals surface area contributed by atoms with E-state index in [-0.39, 0.29) is 5.91 Å². The number of ether oxygens (including phenoxy) is 3. The number of benzene rings is 3. The molecular formula is C23H22N2O4. The van der Waals surface area contributed by atoms with E-state index in [0.29, 0.717) is 28.4 Å². The largest absolute Gasteiger partial charge is 0.496 e. The summed E-state index contributed by atoms with van der Waals surface area (Å²) in [6, 6.07) is 20.8. The minimum atomic E-state index is -0.305. The second-order valence-electron chi connectivity index (χ2n) is 6.09. The molecule has 6 heteroatoms. The summed E-state index contributed by atoms with van der Waals surface area (Å²) in [6.45, 7) is 0. The molecule has 0 aliphatic heterocycles. The average Bonchev–Trinajstić information content (AvgIpc) is 2.79. The van der Waals surface area contributed by atoms with Crippen molar-refractivity contribution in [3.8, 4) is 28.4 Å². The molecule has 0 aliphatic carbocycles. The summed E-state index contributed by atoms with van der Waals surface area (Å²) in [5.41, 5.74) is 5.82. The fraction of sp³-hybridized carbons (Fsp3) is 0.130. The molecule has 29 heavy (non-hydrogen) atoms. The lowest BCUT2D eigenvalue weighted by Crippen LogP contribution is -2.17. The van der Waals surface area contributed by atoms with E-state index in [2.05, 4.69) is 10.5 Å². The van der Waals surface area contributed by atoms with Crippen molar-refractivity contribution in [1.82, 2.24) is 5.43 Å². The molecule has 0 aromatic heterocycles. The van der Waals surface area contributed by atoms with Gasteiger partial charge in [-0.1, -0.05) is 42.5 Å². The van der Waals surface area contributed by atoms with Crippen molar-refractivity contribution in [3.05, 3.63) is 77.9 Å². The van der Waals surface area contributed by atoms with Crippen LogP contribution in [-0.4, -0.2) is 33.5 Å². The maximum Gasteiger partial charge on any atom is 0.271 e. The lowest BCUT2D eigenvalue weighted by molar-refractivity contribution is 0.0955. The molecule has 0 saturated heterocycles. The third kappa shape index (κ3) is 4.73. The highest BCUT2D eigenvalue weighted by Gasteiger charge is 2.11. The maximum atomic E-state index is 12.4. The summed E-state index contributed by atoms with van der Waals surface area (Å²) in [5.74, 6) is 1.33. The zero-order valence-electron chi connectivity index (χ0n) is 16.5. The first-order valence-electron chi connectivity index (χ1n) is 8.95. The Balaban J connectivity index is 1.71. The molecule has 0 atom stereocenters. The van der Waals surface area contributed by atoms with Crippen molar-refractivity contribution in [2.24, 2.45) is 5.10 Å². The number of hydrogen-bond donors (Lipinski definition) is 1. The summed E-state index contributed by atoms with van der Waals surface area (Å²) in [5, 5.41) is 4.04. The van der Waals surface area contributed by atoms with Gasteiger partial charge in [0.2, 0.25) is 0 Å². The highest BCUT2D eigenvalue weighted by Crippen LogP contribution is 2.33. The summed E-state index contributed by atoms with van der Waals surface area (Å²) in [4.78, 5) is 12.4. The normalized spacial score (nSPS) is 10.6. The number of carbonyl (C=O) groups is 1.